The van der Waals surface area contributed by atoms with Crippen LogP contribution in [0.2, 0.25) is 0 Å². The van der Waals surface area contributed by atoms with E-state index in [4.69, 9.17) is 17.3 Å². The number of carbonyl (C=O) groups is 1. The Morgan fingerprint density at radius 1 is 1.44 bits per heavy atom. The zero-order valence-corrected chi connectivity index (χ0v) is 10.8. The minimum atomic E-state index is -0.816. The number of nitrogens with one attached hydrogen (secondary N) is 2. The van der Waals surface area contributed by atoms with Crippen LogP contribution in [0.3, 0.4) is 0 Å². The molecular weight excluding hydrogens is 250 g/mol. The van der Waals surface area contributed by atoms with Crippen molar-refractivity contribution < 1.29 is 9.90 Å². The van der Waals surface area contributed by atoms with Crippen molar-refractivity contribution in [2.45, 2.75) is 25.4 Å². The Morgan fingerprint density at radius 3 is 2.72 bits per heavy atom. The molecule has 0 aliphatic carbocycles. The first kappa shape index (κ1) is 12.8. The predicted octanol–water partition coefficient (Wildman–Crippen LogP) is 1.47. The molecule has 0 spiro atoms. The molecule has 3 N–H and O–H groups in total. The third-order valence-electron chi connectivity index (χ3n) is 2.80. The van der Waals surface area contributed by atoms with Gasteiger partial charge in [-0.25, -0.2) is 5.43 Å². The molecule has 1 atom stereocenters. The van der Waals surface area contributed by atoms with E-state index in [2.05, 4.69) is 10.7 Å². The first-order chi connectivity index (χ1) is 8.50. The molecule has 0 bridgehead atoms. The maximum Gasteiger partial charge on any atom is 0.303 e. The molecule has 1 saturated heterocycles. The minimum Gasteiger partial charge on any atom is -0.481 e. The van der Waals surface area contributed by atoms with Crippen LogP contribution < -0.4 is 15.8 Å². The van der Waals surface area contributed by atoms with Crippen LogP contribution in [0.5, 0.6) is 0 Å². The van der Waals surface area contributed by atoms with Crippen molar-refractivity contribution in [1.29, 1.82) is 0 Å². The molecule has 1 aliphatic rings. The average Bonchev–Trinajstić information content (AvgIpc) is 2.64. The van der Waals surface area contributed by atoms with Gasteiger partial charge in [-0.3, -0.25) is 9.80 Å². The monoisotopic (exact) mass is 265 g/mol. The number of thiocarbonyl (C=S) groups is 1. The summed E-state index contributed by atoms with van der Waals surface area (Å²) >= 11 is 5.26. The van der Waals surface area contributed by atoms with Gasteiger partial charge in [-0.05, 0) is 37.7 Å². The zero-order valence-electron chi connectivity index (χ0n) is 10.0. The van der Waals surface area contributed by atoms with Crippen molar-refractivity contribution >= 4 is 29.0 Å². The van der Waals surface area contributed by atoms with Crippen LogP contribution in [0, 0.1) is 0 Å². The highest BCUT2D eigenvalue weighted by Crippen LogP contribution is 2.21. The quantitative estimate of drug-likeness (QED) is 0.716. The molecule has 2 rings (SSSR count). The molecular formula is C12H15N3O2S. The summed E-state index contributed by atoms with van der Waals surface area (Å²) in [6.45, 7) is 1.89. The lowest BCUT2D eigenvalue weighted by Crippen LogP contribution is -2.48. The largest absolute Gasteiger partial charge is 0.481 e. The van der Waals surface area contributed by atoms with E-state index in [1.165, 1.54) is 0 Å². The number of carboxylic acids is 1. The normalized spacial score (nSPS) is 22.9. The lowest BCUT2D eigenvalue weighted by atomic mass is 10.1. The summed E-state index contributed by atoms with van der Waals surface area (Å²) in [6.07, 6.45) is 0.535. The Kier molecular flexibility index (Phi) is 3.49. The van der Waals surface area contributed by atoms with Crippen LogP contribution in [0.1, 0.15) is 19.8 Å². The highest BCUT2D eigenvalue weighted by Gasteiger charge is 2.36. The third kappa shape index (κ3) is 2.77. The van der Waals surface area contributed by atoms with E-state index in [1.54, 1.807) is 5.01 Å². The number of aliphatic carboxylic acids is 1. The molecule has 96 valence electrons. The van der Waals surface area contributed by atoms with Crippen molar-refractivity contribution in [3.63, 3.8) is 0 Å². The second kappa shape index (κ2) is 4.91. The minimum absolute atomic E-state index is 0.0851. The zero-order chi connectivity index (χ0) is 13.2. The van der Waals surface area contributed by atoms with Gasteiger partial charge < -0.3 is 10.4 Å². The molecule has 0 radical (unpaired) electrons. The summed E-state index contributed by atoms with van der Waals surface area (Å²) in [7, 11) is 0. The second-order valence-corrected chi connectivity index (χ2v) is 4.83. The Balaban J connectivity index is 2.09. The lowest BCUT2D eigenvalue weighted by molar-refractivity contribution is -0.137. The van der Waals surface area contributed by atoms with Gasteiger partial charge in [0.25, 0.3) is 0 Å². The summed E-state index contributed by atoms with van der Waals surface area (Å²) < 4.78 is 0. The highest BCUT2D eigenvalue weighted by molar-refractivity contribution is 7.80. The Morgan fingerprint density at radius 2 is 2.11 bits per heavy atom. The van der Waals surface area contributed by atoms with E-state index in [9.17, 15) is 4.79 Å². The van der Waals surface area contributed by atoms with E-state index in [1.807, 2.05) is 37.3 Å². The standard InChI is InChI=1S/C12H15N3O2S/c1-12(8-7-10(16)17)13-11(18)15(14-12)9-5-3-2-4-6-9/h2-6,14H,7-8H2,1H3,(H,13,18)(H,16,17)/t12-/m1/s1. The van der Waals surface area contributed by atoms with Gasteiger partial charge in [-0.2, -0.15) is 0 Å². The molecule has 1 aromatic rings. The number of hydrogen-bond acceptors (Lipinski definition) is 3. The molecule has 0 amide bonds. The van der Waals surface area contributed by atoms with Crippen LogP contribution in [-0.4, -0.2) is 21.9 Å². The van der Waals surface area contributed by atoms with Gasteiger partial charge in [0, 0.05) is 6.42 Å². The molecule has 1 aromatic carbocycles. The van der Waals surface area contributed by atoms with Gasteiger partial charge in [0.1, 0.15) is 5.66 Å². The summed E-state index contributed by atoms with van der Waals surface area (Å²) in [4.78, 5) is 10.6. The fourth-order valence-electron chi connectivity index (χ4n) is 1.85. The number of benzene rings is 1. The predicted molar refractivity (Wildman–Crippen MR) is 73.1 cm³/mol. The van der Waals surface area contributed by atoms with Gasteiger partial charge in [0.2, 0.25) is 0 Å². The maximum atomic E-state index is 10.6. The Labute approximate surface area is 111 Å². The summed E-state index contributed by atoms with van der Waals surface area (Å²) in [5, 5.41) is 14.2. The summed E-state index contributed by atoms with van der Waals surface area (Å²) in [6, 6.07) is 9.65. The molecule has 1 aliphatic heterocycles. The fourth-order valence-corrected chi connectivity index (χ4v) is 2.23. The molecule has 0 saturated carbocycles. The average molecular weight is 265 g/mol. The van der Waals surface area contributed by atoms with E-state index < -0.39 is 11.6 Å². The smallest absolute Gasteiger partial charge is 0.303 e. The highest BCUT2D eigenvalue weighted by atomic mass is 32.1. The molecule has 1 fully saturated rings. The number of nitrogens with zero attached hydrogens (tertiary/aromatic N) is 1. The van der Waals surface area contributed by atoms with Crippen LogP contribution in [-0.2, 0) is 4.79 Å². The number of carboxylic acid groups (broad SMARTS) is 1. The SMILES string of the molecule is C[C@@]1(CCC(=O)O)NC(=S)N(c2ccccc2)N1. The first-order valence-corrected chi connectivity index (χ1v) is 6.08. The van der Waals surface area contributed by atoms with Gasteiger partial charge in [0.15, 0.2) is 5.11 Å². The topological polar surface area (TPSA) is 64.6 Å². The van der Waals surface area contributed by atoms with Crippen LogP contribution in [0.15, 0.2) is 30.3 Å². The number of hydrazine groups is 1. The summed E-state index contributed by atoms with van der Waals surface area (Å²) in [5.41, 5.74) is 3.61. The van der Waals surface area contributed by atoms with Gasteiger partial charge >= 0.3 is 5.97 Å². The van der Waals surface area contributed by atoms with Crippen molar-refractivity contribution in [2.24, 2.45) is 0 Å². The molecule has 1 heterocycles. The Bertz CT molecular complexity index is 466. The van der Waals surface area contributed by atoms with Crippen molar-refractivity contribution in [2.75, 3.05) is 5.01 Å². The van der Waals surface area contributed by atoms with E-state index in [0.717, 1.165) is 5.69 Å². The Hall–Kier alpha value is -1.66. The van der Waals surface area contributed by atoms with Gasteiger partial charge in [-0.15, -0.1) is 0 Å². The number of hydrogen-bond donors (Lipinski definition) is 3. The van der Waals surface area contributed by atoms with E-state index in [-0.39, 0.29) is 6.42 Å². The van der Waals surface area contributed by atoms with E-state index >= 15 is 0 Å². The molecule has 5 nitrogen and oxygen atoms in total. The molecule has 0 aromatic heterocycles. The van der Waals surface area contributed by atoms with Crippen LogP contribution >= 0.6 is 12.2 Å². The number of rotatable bonds is 4. The fraction of sp³-hybridized carbons (Fsp3) is 0.333. The van der Waals surface area contributed by atoms with Crippen LogP contribution in [0.25, 0.3) is 0 Å². The van der Waals surface area contributed by atoms with E-state index in [0.29, 0.717) is 11.5 Å². The molecule has 0 unspecified atom stereocenters. The van der Waals surface area contributed by atoms with Crippen molar-refractivity contribution in [3.8, 4) is 0 Å². The first-order valence-electron chi connectivity index (χ1n) is 5.67. The van der Waals surface area contributed by atoms with Crippen molar-refractivity contribution in [1.82, 2.24) is 10.7 Å². The lowest BCUT2D eigenvalue weighted by Gasteiger charge is -2.24. The third-order valence-corrected chi connectivity index (χ3v) is 3.08. The summed E-state index contributed by atoms with van der Waals surface area (Å²) in [5.74, 6) is -0.816. The maximum absolute atomic E-state index is 10.6. The number of anilines is 1. The van der Waals surface area contributed by atoms with Crippen molar-refractivity contribution in [3.05, 3.63) is 30.3 Å². The number of para-hydroxylation sites is 1. The molecule has 6 heteroatoms. The van der Waals surface area contributed by atoms with Gasteiger partial charge in [0.05, 0.1) is 5.69 Å². The van der Waals surface area contributed by atoms with Gasteiger partial charge in [-0.1, -0.05) is 18.2 Å². The molecule has 18 heavy (non-hydrogen) atoms. The second-order valence-electron chi connectivity index (χ2n) is 4.44. The van der Waals surface area contributed by atoms with Crippen LogP contribution in [0.4, 0.5) is 5.69 Å².